The summed E-state index contributed by atoms with van der Waals surface area (Å²) in [6.45, 7) is 7.07. The fourth-order valence-corrected chi connectivity index (χ4v) is 35.2. The molecule has 0 radical (unpaired) electrons. The van der Waals surface area contributed by atoms with Gasteiger partial charge in [0.2, 0.25) is 0 Å². The molecule has 178 valence electrons. The zero-order chi connectivity index (χ0) is 22.9. The van der Waals surface area contributed by atoms with Gasteiger partial charge in [-0.2, -0.15) is 0 Å². The molecule has 0 aromatic heterocycles. The first-order chi connectivity index (χ1) is 15.8. The fraction of sp³-hybridized carbons (Fsp3) is 0.600. The summed E-state index contributed by atoms with van der Waals surface area (Å²) >= 11 is -1.81. The molecule has 0 unspecified atom stereocenters. The summed E-state index contributed by atoms with van der Waals surface area (Å²) in [6.07, 6.45) is 17.1. The summed E-state index contributed by atoms with van der Waals surface area (Å²) in [5.41, 5.74) is -1.37. The van der Waals surface area contributed by atoms with Crippen molar-refractivity contribution >= 4 is 31.9 Å². The molecule has 32 heavy (non-hydrogen) atoms. The van der Waals surface area contributed by atoms with Crippen molar-refractivity contribution in [1.29, 1.82) is 0 Å². The van der Waals surface area contributed by atoms with E-state index >= 15 is 0 Å². The average Bonchev–Trinajstić information content (AvgIpc) is 2.84. The van der Waals surface area contributed by atoms with Crippen molar-refractivity contribution in [3.05, 3.63) is 60.7 Å². The molecule has 0 atom stereocenters. The summed E-state index contributed by atoms with van der Waals surface area (Å²) in [6, 6.07) is 28.6. The monoisotopic (exact) mass is 558 g/mol. The van der Waals surface area contributed by atoms with Gasteiger partial charge in [-0.15, -0.1) is 0 Å². The Morgan fingerprint density at radius 1 is 0.469 bits per heavy atom. The van der Waals surface area contributed by atoms with Crippen molar-refractivity contribution in [3.63, 3.8) is 0 Å². The normalized spacial score (nSPS) is 11.9. The molecule has 0 heterocycles. The van der Waals surface area contributed by atoms with E-state index in [2.05, 4.69) is 81.4 Å². The second-order valence-electron chi connectivity index (χ2n) is 9.66. The van der Waals surface area contributed by atoms with Gasteiger partial charge in [-0.25, -0.2) is 0 Å². The third kappa shape index (κ3) is 9.38. The van der Waals surface area contributed by atoms with Crippen molar-refractivity contribution in [1.82, 2.24) is 0 Å². The fourth-order valence-electron chi connectivity index (χ4n) is 5.20. The summed E-state index contributed by atoms with van der Waals surface area (Å²) in [7, 11) is 0. The van der Waals surface area contributed by atoms with Gasteiger partial charge in [-0.1, -0.05) is 0 Å². The quantitative estimate of drug-likeness (QED) is 0.127. The van der Waals surface area contributed by atoms with Gasteiger partial charge in [0.05, 0.1) is 0 Å². The van der Waals surface area contributed by atoms with Crippen LogP contribution in [0.1, 0.15) is 97.8 Å². The van der Waals surface area contributed by atoms with Gasteiger partial charge in [0, 0.05) is 0 Å². The molecule has 0 bridgehead atoms. The molecular formula is C30H49SbSi. The van der Waals surface area contributed by atoms with E-state index in [1.54, 1.807) is 25.2 Å². The van der Waals surface area contributed by atoms with Crippen LogP contribution in [0, 0.1) is 0 Å². The Hall–Kier alpha value is -0.525. The second-order valence-corrected chi connectivity index (χ2v) is 29.6. The molecule has 0 saturated heterocycles. The van der Waals surface area contributed by atoms with Crippen LogP contribution in [-0.4, -0.2) is 24.9 Å². The molecule has 0 fully saturated rings. The van der Waals surface area contributed by atoms with Crippen molar-refractivity contribution in [2.24, 2.45) is 0 Å². The SMILES string of the molecule is CCCCCC[Si](CCCCCC)(CCCCCC)[Sb]([c]1ccccc1)[c]1ccccc1. The Morgan fingerprint density at radius 2 is 0.812 bits per heavy atom. The van der Waals surface area contributed by atoms with Crippen LogP contribution in [-0.2, 0) is 0 Å². The van der Waals surface area contributed by atoms with Crippen LogP contribution < -0.4 is 7.02 Å². The Bertz CT molecular complexity index is 614. The van der Waals surface area contributed by atoms with Crippen molar-refractivity contribution in [3.8, 4) is 0 Å². The first kappa shape index (κ1) is 27.7. The number of benzene rings is 2. The number of unbranched alkanes of at least 4 members (excludes halogenated alkanes) is 9. The minimum absolute atomic E-state index is 1.35. The second kappa shape index (κ2) is 17.0. The van der Waals surface area contributed by atoms with Crippen molar-refractivity contribution in [2.45, 2.75) is 116 Å². The molecule has 0 aliphatic heterocycles. The van der Waals surface area contributed by atoms with E-state index in [0.29, 0.717) is 0 Å². The Morgan fingerprint density at radius 3 is 1.12 bits per heavy atom. The summed E-state index contributed by atoms with van der Waals surface area (Å²) in [5, 5.41) is 0. The van der Waals surface area contributed by atoms with Gasteiger partial charge >= 0.3 is 209 Å². The molecule has 2 heteroatoms. The van der Waals surface area contributed by atoms with Crippen LogP contribution in [0.4, 0.5) is 0 Å². The molecule has 0 amide bonds. The van der Waals surface area contributed by atoms with Crippen LogP contribution in [0.5, 0.6) is 0 Å². The average molecular weight is 560 g/mol. The van der Waals surface area contributed by atoms with E-state index < -0.39 is 24.9 Å². The van der Waals surface area contributed by atoms with Gasteiger partial charge in [0.15, 0.2) is 0 Å². The first-order valence-corrected chi connectivity index (χ1v) is 22.6. The van der Waals surface area contributed by atoms with Gasteiger partial charge in [-0.3, -0.25) is 0 Å². The molecule has 0 aliphatic carbocycles. The summed E-state index contributed by atoms with van der Waals surface area (Å²) in [4.78, 5) is 0. The van der Waals surface area contributed by atoms with E-state index in [-0.39, 0.29) is 0 Å². The topological polar surface area (TPSA) is 0 Å². The predicted molar refractivity (Wildman–Crippen MR) is 151 cm³/mol. The maximum atomic E-state index is 2.52. The minimum atomic E-state index is -1.81. The molecule has 2 aromatic rings. The zero-order valence-electron chi connectivity index (χ0n) is 21.3. The first-order valence-electron chi connectivity index (χ1n) is 13.7. The van der Waals surface area contributed by atoms with Gasteiger partial charge in [0.1, 0.15) is 0 Å². The van der Waals surface area contributed by atoms with Crippen molar-refractivity contribution < 1.29 is 0 Å². The molecule has 0 nitrogen and oxygen atoms in total. The molecule has 0 saturated carbocycles. The van der Waals surface area contributed by atoms with Gasteiger partial charge in [0.25, 0.3) is 0 Å². The molecule has 2 aromatic carbocycles. The van der Waals surface area contributed by atoms with Crippen LogP contribution in [0.15, 0.2) is 60.7 Å². The Labute approximate surface area is 207 Å². The molecule has 0 aliphatic rings. The molecular weight excluding hydrogens is 510 g/mol. The van der Waals surface area contributed by atoms with Gasteiger partial charge in [-0.05, 0) is 0 Å². The third-order valence-corrected chi connectivity index (χ3v) is 33.8. The third-order valence-electron chi connectivity index (χ3n) is 6.99. The molecule has 0 N–H and O–H groups in total. The Kier molecular flexibility index (Phi) is 14.7. The Balaban J connectivity index is 2.43. The number of hydrogen-bond donors (Lipinski definition) is 0. The number of rotatable bonds is 18. The van der Waals surface area contributed by atoms with E-state index in [1.807, 2.05) is 0 Å². The van der Waals surface area contributed by atoms with E-state index in [4.69, 9.17) is 0 Å². The summed E-state index contributed by atoms with van der Waals surface area (Å²) < 4.78 is 3.55. The van der Waals surface area contributed by atoms with Crippen LogP contribution >= 0.6 is 0 Å². The van der Waals surface area contributed by atoms with Gasteiger partial charge < -0.3 is 0 Å². The standard InChI is InChI=1S/C18H39Si.2C6H5.Sb/c1-4-7-10-13-16-19(17-14-11-8-5-2)18-15-12-9-6-3;2*1-2-4-6-5-3-1;/h4-18H2,1-3H3;2*1-5H;. The molecule has 0 spiro atoms. The molecule has 2 rings (SSSR count). The maximum absolute atomic E-state index is 2.52. The van der Waals surface area contributed by atoms with Crippen molar-refractivity contribution in [2.75, 3.05) is 0 Å². The van der Waals surface area contributed by atoms with E-state index in [9.17, 15) is 0 Å². The van der Waals surface area contributed by atoms with Crippen LogP contribution in [0.3, 0.4) is 0 Å². The zero-order valence-corrected chi connectivity index (χ0v) is 24.9. The summed E-state index contributed by atoms with van der Waals surface area (Å²) in [5.74, 6) is 0. The van der Waals surface area contributed by atoms with Crippen LogP contribution in [0.25, 0.3) is 0 Å². The predicted octanol–water partition coefficient (Wildman–Crippen LogP) is 8.56. The number of hydrogen-bond acceptors (Lipinski definition) is 0. The van der Waals surface area contributed by atoms with E-state index in [1.165, 1.54) is 77.0 Å². The van der Waals surface area contributed by atoms with E-state index in [0.717, 1.165) is 0 Å². The van der Waals surface area contributed by atoms with Crippen LogP contribution in [0.2, 0.25) is 18.1 Å².